The van der Waals surface area contributed by atoms with Gasteiger partial charge in [0, 0.05) is 61.1 Å². The highest BCUT2D eigenvalue weighted by atomic mass is 35.5. The minimum absolute atomic E-state index is 0. The zero-order valence-corrected chi connectivity index (χ0v) is 23.1. The van der Waals surface area contributed by atoms with E-state index in [0.29, 0.717) is 23.7 Å². The Morgan fingerprint density at radius 1 is 0.675 bits per heavy atom. The van der Waals surface area contributed by atoms with Gasteiger partial charge in [0.15, 0.2) is 22.6 Å². The first-order valence-corrected chi connectivity index (χ1v) is 13.8. The molecule has 0 saturated carbocycles. The van der Waals surface area contributed by atoms with Crippen molar-refractivity contribution in [2.75, 3.05) is 26.2 Å². The van der Waals surface area contributed by atoms with Gasteiger partial charge in [0.25, 0.3) is 0 Å². The molecule has 10 nitrogen and oxygen atoms in total. The number of H-pyrrole nitrogens is 2. The van der Waals surface area contributed by atoms with Gasteiger partial charge in [-0.3, -0.25) is 8.80 Å². The van der Waals surface area contributed by atoms with Crippen LogP contribution in [-0.2, 0) is 0 Å². The fourth-order valence-electron chi connectivity index (χ4n) is 6.52. The van der Waals surface area contributed by atoms with E-state index in [1.165, 1.54) is 24.2 Å². The van der Waals surface area contributed by atoms with Gasteiger partial charge >= 0.3 is 0 Å². The zero-order chi connectivity index (χ0) is 25.6. The number of nitrogens with one attached hydrogen (secondary N) is 4. The molecule has 2 unspecified atom stereocenters. The van der Waals surface area contributed by atoms with Gasteiger partial charge in [-0.05, 0) is 37.1 Å². The highest BCUT2D eigenvalue weighted by Gasteiger charge is 2.31. The Bertz CT molecular complexity index is 1590. The highest BCUT2D eigenvalue weighted by Crippen LogP contribution is 2.33. The second-order valence-corrected chi connectivity index (χ2v) is 10.6. The van der Waals surface area contributed by atoms with E-state index in [1.807, 2.05) is 37.2 Å². The lowest BCUT2D eigenvalue weighted by Gasteiger charge is -2.16. The first-order chi connectivity index (χ1) is 18.8. The molecule has 0 bridgehead atoms. The van der Waals surface area contributed by atoms with Gasteiger partial charge in [-0.1, -0.05) is 34.1 Å². The summed E-state index contributed by atoms with van der Waals surface area (Å²) in [5, 5.41) is 7.01. The summed E-state index contributed by atoms with van der Waals surface area (Å²) in [5.74, 6) is 2.48. The molecule has 6 aromatic heterocycles. The Kier molecular flexibility index (Phi) is 8.11. The number of imidazole rings is 2. The largest absolute Gasteiger partial charge is 0.345 e. The Morgan fingerprint density at radius 3 is 1.55 bits per heavy atom. The number of halogens is 1. The average Bonchev–Trinajstić information content (AvgIpc) is 3.77. The third-order valence-corrected chi connectivity index (χ3v) is 8.63. The van der Waals surface area contributed by atoms with Crippen LogP contribution in [0.25, 0.3) is 33.6 Å². The van der Waals surface area contributed by atoms with E-state index in [1.54, 1.807) is 0 Å². The first-order valence-electron chi connectivity index (χ1n) is 13.8. The maximum atomic E-state index is 4.52. The van der Waals surface area contributed by atoms with Crippen LogP contribution in [-0.4, -0.2) is 64.9 Å². The van der Waals surface area contributed by atoms with E-state index in [4.69, 9.17) is 0 Å². The molecule has 2 aliphatic rings. The molecule has 6 aromatic rings. The Morgan fingerprint density at radius 2 is 1.12 bits per heavy atom. The minimum Gasteiger partial charge on any atom is -0.345 e. The quantitative estimate of drug-likeness (QED) is 0.243. The summed E-state index contributed by atoms with van der Waals surface area (Å²) in [6.07, 6.45) is 14.0. The molecule has 8 heterocycles. The summed E-state index contributed by atoms with van der Waals surface area (Å²) in [4.78, 5) is 24.2. The predicted octanol–water partition coefficient (Wildman–Crippen LogP) is 4.91. The van der Waals surface area contributed by atoms with Crippen LogP contribution in [0.3, 0.4) is 0 Å². The molecule has 0 aliphatic carbocycles. The van der Waals surface area contributed by atoms with E-state index in [9.17, 15) is 0 Å². The van der Waals surface area contributed by atoms with Crippen molar-refractivity contribution in [2.45, 2.75) is 46.0 Å². The van der Waals surface area contributed by atoms with Crippen LogP contribution in [0.15, 0.2) is 49.3 Å². The molecule has 2 aliphatic heterocycles. The van der Waals surface area contributed by atoms with Gasteiger partial charge in [-0.15, -0.1) is 12.4 Å². The van der Waals surface area contributed by atoms with Crippen molar-refractivity contribution in [3.63, 3.8) is 0 Å². The standard InChI is InChI=1S/2C14H17N5.CH4.ClH/c2*1-2-9-5-15-6-10(9)12-7-17-13-8-18-14-11(19(12)13)3-4-16-14;;/h2*3-4,7-10,15-16H,2,5-6H2,1H3;1H4;1H/t2*9-,10?;;/m11../s1. The molecule has 0 aromatic carbocycles. The van der Waals surface area contributed by atoms with E-state index in [2.05, 4.69) is 75.3 Å². The molecule has 8 rings (SSSR count). The summed E-state index contributed by atoms with van der Waals surface area (Å²) in [7, 11) is 0. The summed E-state index contributed by atoms with van der Waals surface area (Å²) < 4.78 is 4.50. The number of aromatic nitrogens is 8. The molecule has 0 spiro atoms. The number of hydrogen-bond acceptors (Lipinski definition) is 6. The van der Waals surface area contributed by atoms with Crippen molar-refractivity contribution in [3.8, 4) is 0 Å². The third-order valence-electron chi connectivity index (χ3n) is 8.63. The van der Waals surface area contributed by atoms with Crippen LogP contribution >= 0.6 is 12.4 Å². The van der Waals surface area contributed by atoms with Crippen LogP contribution in [0.5, 0.6) is 0 Å². The Labute approximate surface area is 239 Å². The summed E-state index contributed by atoms with van der Waals surface area (Å²) in [6, 6.07) is 4.15. The second-order valence-electron chi connectivity index (χ2n) is 10.6. The van der Waals surface area contributed by atoms with E-state index in [0.717, 1.165) is 59.8 Å². The lowest BCUT2D eigenvalue weighted by molar-refractivity contribution is 0.493. The molecular weight excluding hydrogens is 524 g/mol. The fraction of sp³-hybridized carbons (Fsp3) is 0.448. The SMILES string of the molecule is C.CC[C@@H]1CNCC1c1cnc2cnc3[nH]ccc3n12.CC[C@@H]1CNCC1c1cnc2cnc3[nH]ccc3n12.Cl. The predicted molar refractivity (Wildman–Crippen MR) is 162 cm³/mol. The lowest BCUT2D eigenvalue weighted by Crippen LogP contribution is -2.12. The zero-order valence-electron chi connectivity index (χ0n) is 22.3. The molecule has 40 heavy (non-hydrogen) atoms. The minimum atomic E-state index is 0. The molecule has 2 saturated heterocycles. The summed E-state index contributed by atoms with van der Waals surface area (Å²) in [5.41, 5.74) is 8.56. The molecule has 2 fully saturated rings. The fourth-order valence-corrected chi connectivity index (χ4v) is 6.52. The van der Waals surface area contributed by atoms with Gasteiger partial charge in [0.2, 0.25) is 0 Å². The first kappa shape index (κ1) is 28.1. The number of hydrogen-bond donors (Lipinski definition) is 4. The van der Waals surface area contributed by atoms with E-state index < -0.39 is 0 Å². The normalized spacial score (nSPS) is 22.4. The van der Waals surface area contributed by atoms with E-state index in [-0.39, 0.29) is 19.8 Å². The van der Waals surface area contributed by atoms with Crippen molar-refractivity contribution in [1.82, 2.24) is 49.3 Å². The van der Waals surface area contributed by atoms with Crippen LogP contribution < -0.4 is 10.6 Å². The van der Waals surface area contributed by atoms with Crippen molar-refractivity contribution >= 4 is 46.0 Å². The molecule has 11 heteroatoms. The summed E-state index contributed by atoms with van der Waals surface area (Å²) >= 11 is 0. The highest BCUT2D eigenvalue weighted by molar-refractivity contribution is 5.85. The van der Waals surface area contributed by atoms with Gasteiger partial charge in [0.05, 0.1) is 23.4 Å². The van der Waals surface area contributed by atoms with Gasteiger partial charge < -0.3 is 20.6 Å². The smallest absolute Gasteiger partial charge is 0.156 e. The molecule has 0 amide bonds. The van der Waals surface area contributed by atoms with Gasteiger partial charge in [-0.2, -0.15) is 0 Å². The van der Waals surface area contributed by atoms with Crippen LogP contribution in [0.1, 0.15) is 57.3 Å². The average molecular weight is 563 g/mol. The molecule has 212 valence electrons. The number of aromatic amines is 2. The topological polar surface area (TPSA) is 116 Å². The molecule has 4 atom stereocenters. The maximum absolute atomic E-state index is 4.52. The Hall–Kier alpha value is -3.47. The summed E-state index contributed by atoms with van der Waals surface area (Å²) in [6.45, 7) is 8.83. The molecular formula is C29H39ClN10. The number of nitrogens with zero attached hydrogens (tertiary/aromatic N) is 6. The van der Waals surface area contributed by atoms with Gasteiger partial charge in [-0.25, -0.2) is 19.9 Å². The lowest BCUT2D eigenvalue weighted by atomic mass is 9.91. The second kappa shape index (κ2) is 11.6. The Balaban J connectivity index is 0.000000154. The van der Waals surface area contributed by atoms with Crippen molar-refractivity contribution < 1.29 is 0 Å². The van der Waals surface area contributed by atoms with Crippen molar-refractivity contribution in [1.29, 1.82) is 0 Å². The molecule has 4 N–H and O–H groups in total. The van der Waals surface area contributed by atoms with Crippen LogP contribution in [0, 0.1) is 11.8 Å². The van der Waals surface area contributed by atoms with Crippen molar-refractivity contribution in [3.05, 3.63) is 60.7 Å². The molecule has 0 radical (unpaired) electrons. The van der Waals surface area contributed by atoms with Crippen LogP contribution in [0.2, 0.25) is 0 Å². The number of rotatable bonds is 4. The van der Waals surface area contributed by atoms with Crippen LogP contribution in [0.4, 0.5) is 0 Å². The maximum Gasteiger partial charge on any atom is 0.156 e. The van der Waals surface area contributed by atoms with Gasteiger partial charge in [0.1, 0.15) is 0 Å². The number of fused-ring (bicyclic) bond motifs is 6. The van der Waals surface area contributed by atoms with Crippen molar-refractivity contribution in [2.24, 2.45) is 11.8 Å². The van der Waals surface area contributed by atoms with E-state index >= 15 is 0 Å². The monoisotopic (exact) mass is 562 g/mol. The third kappa shape index (κ3) is 4.53.